The van der Waals surface area contributed by atoms with Crippen LogP contribution >= 0.6 is 0 Å². The summed E-state index contributed by atoms with van der Waals surface area (Å²) in [6, 6.07) is 0.100. The Bertz CT molecular complexity index is 686. The Morgan fingerprint density at radius 2 is 2.24 bits per heavy atom. The van der Waals surface area contributed by atoms with Crippen LogP contribution < -0.4 is 10.9 Å². The molecule has 0 fully saturated rings. The summed E-state index contributed by atoms with van der Waals surface area (Å²) < 4.78 is 0. The molecule has 0 amide bonds. The molecule has 1 unspecified atom stereocenters. The quantitative estimate of drug-likeness (QED) is 0.771. The van der Waals surface area contributed by atoms with Gasteiger partial charge in [-0.2, -0.15) is 0 Å². The molecule has 0 bridgehead atoms. The summed E-state index contributed by atoms with van der Waals surface area (Å²) >= 11 is 0. The van der Waals surface area contributed by atoms with E-state index in [0.29, 0.717) is 0 Å². The maximum absolute atomic E-state index is 11.6. The van der Waals surface area contributed by atoms with Crippen LogP contribution in [0, 0.1) is 0 Å². The third kappa shape index (κ3) is 3.28. The van der Waals surface area contributed by atoms with Crippen LogP contribution in [0.5, 0.6) is 0 Å². The second-order valence-corrected chi connectivity index (χ2v) is 4.78. The van der Waals surface area contributed by atoms with E-state index < -0.39 is 11.5 Å². The van der Waals surface area contributed by atoms with Gasteiger partial charge in [0, 0.05) is 6.04 Å². The maximum atomic E-state index is 11.6. The Hall–Kier alpha value is -2.63. The van der Waals surface area contributed by atoms with Crippen molar-refractivity contribution in [3.63, 3.8) is 0 Å². The van der Waals surface area contributed by atoms with Crippen molar-refractivity contribution >= 4 is 11.9 Å². The Kier molecular flexibility index (Phi) is 4.37. The highest BCUT2D eigenvalue weighted by Gasteiger charge is 2.21. The van der Waals surface area contributed by atoms with Crippen LogP contribution in [-0.2, 0) is 0 Å². The van der Waals surface area contributed by atoms with E-state index in [2.05, 4.69) is 21.9 Å². The average molecular weight is 287 g/mol. The number of carboxylic acid groups (broad SMARTS) is 1. The van der Waals surface area contributed by atoms with Gasteiger partial charge in [-0.1, -0.05) is 24.8 Å². The van der Waals surface area contributed by atoms with Crippen molar-refractivity contribution in [3.05, 3.63) is 58.1 Å². The van der Waals surface area contributed by atoms with Crippen LogP contribution in [0.4, 0.5) is 5.95 Å². The minimum atomic E-state index is -1.29. The number of nitrogens with zero attached hydrogens (tertiary/aromatic N) is 1. The lowest BCUT2D eigenvalue weighted by atomic mass is 10.1. The average Bonchev–Trinajstić information content (AvgIpc) is 2.80. The zero-order valence-corrected chi connectivity index (χ0v) is 11.7. The summed E-state index contributed by atoms with van der Waals surface area (Å²) in [5, 5.41) is 11.9. The Morgan fingerprint density at radius 3 is 2.81 bits per heavy atom. The molecule has 0 saturated carbocycles. The van der Waals surface area contributed by atoms with Crippen molar-refractivity contribution < 1.29 is 9.90 Å². The first-order chi connectivity index (χ1) is 10.0. The Labute approximate surface area is 121 Å². The van der Waals surface area contributed by atoms with Crippen molar-refractivity contribution in [2.24, 2.45) is 0 Å². The van der Waals surface area contributed by atoms with E-state index in [4.69, 9.17) is 5.11 Å². The van der Waals surface area contributed by atoms with E-state index in [-0.39, 0.29) is 17.6 Å². The molecule has 0 spiro atoms. The molecule has 0 radical (unpaired) electrons. The lowest BCUT2D eigenvalue weighted by Crippen LogP contribution is -2.24. The molecule has 1 atom stereocenters. The van der Waals surface area contributed by atoms with Crippen LogP contribution in [0.2, 0.25) is 0 Å². The highest BCUT2D eigenvalue weighted by atomic mass is 16.4. The number of anilines is 1. The highest BCUT2D eigenvalue weighted by Crippen LogP contribution is 2.29. The van der Waals surface area contributed by atoms with Gasteiger partial charge in [0.15, 0.2) is 0 Å². The van der Waals surface area contributed by atoms with Crippen LogP contribution in [0.3, 0.4) is 0 Å². The summed E-state index contributed by atoms with van der Waals surface area (Å²) in [7, 11) is 0. The molecule has 1 aliphatic rings. The molecule has 3 N–H and O–H groups in total. The van der Waals surface area contributed by atoms with Crippen LogP contribution in [0.25, 0.3) is 0 Å². The highest BCUT2D eigenvalue weighted by molar-refractivity contribution is 5.86. The predicted molar refractivity (Wildman–Crippen MR) is 80.5 cm³/mol. The molecule has 1 heterocycles. The van der Waals surface area contributed by atoms with E-state index in [1.807, 2.05) is 25.2 Å². The van der Waals surface area contributed by atoms with Crippen molar-refractivity contribution in [1.82, 2.24) is 9.97 Å². The Balaban J connectivity index is 2.11. The standard InChI is InChI=1S/C15H17N3O3/c1-3-5-10-7-11(6-9(10)4-2)17-15-16-8-12(14(20)21)13(19)18-15/h3-5,8,11H,2,6-7H2,1H3,(H,20,21)(H2,16,17,18,19)/b5-3-. The fourth-order valence-electron chi connectivity index (χ4n) is 2.37. The lowest BCUT2D eigenvalue weighted by molar-refractivity contribution is 0.0694. The summed E-state index contributed by atoms with van der Waals surface area (Å²) in [5.41, 5.74) is 1.33. The second-order valence-electron chi connectivity index (χ2n) is 4.78. The fraction of sp³-hybridized carbons (Fsp3) is 0.267. The van der Waals surface area contributed by atoms with Gasteiger partial charge in [0.1, 0.15) is 5.56 Å². The maximum Gasteiger partial charge on any atom is 0.342 e. The van der Waals surface area contributed by atoms with Gasteiger partial charge in [0.05, 0.1) is 6.20 Å². The van der Waals surface area contributed by atoms with Gasteiger partial charge in [0.25, 0.3) is 5.56 Å². The molecule has 2 rings (SSSR count). The van der Waals surface area contributed by atoms with E-state index in [0.717, 1.165) is 24.6 Å². The van der Waals surface area contributed by atoms with Crippen LogP contribution in [-0.4, -0.2) is 27.1 Å². The van der Waals surface area contributed by atoms with E-state index >= 15 is 0 Å². The van der Waals surface area contributed by atoms with Crippen molar-refractivity contribution in [2.75, 3.05) is 5.32 Å². The first kappa shape index (κ1) is 14.8. The molecule has 1 aromatic heterocycles. The second kappa shape index (κ2) is 6.21. The number of nitrogens with one attached hydrogen (secondary N) is 2. The number of carboxylic acids is 1. The first-order valence-electron chi connectivity index (χ1n) is 6.61. The SMILES string of the molecule is C=CC1=C(/C=C\C)CC(Nc2ncc(C(=O)O)c(=O)[nH]2)C1. The number of hydrogen-bond donors (Lipinski definition) is 3. The van der Waals surface area contributed by atoms with Gasteiger partial charge in [-0.3, -0.25) is 9.78 Å². The zero-order chi connectivity index (χ0) is 15.4. The number of aromatic carboxylic acids is 1. The van der Waals surface area contributed by atoms with Crippen LogP contribution in [0.1, 0.15) is 30.1 Å². The van der Waals surface area contributed by atoms with Crippen molar-refractivity contribution in [3.8, 4) is 0 Å². The van der Waals surface area contributed by atoms with E-state index in [9.17, 15) is 9.59 Å². The van der Waals surface area contributed by atoms with Crippen molar-refractivity contribution in [2.45, 2.75) is 25.8 Å². The largest absolute Gasteiger partial charge is 0.477 e. The molecule has 6 heteroatoms. The molecular weight excluding hydrogens is 270 g/mol. The summed E-state index contributed by atoms with van der Waals surface area (Å²) in [6.07, 6.45) is 8.50. The molecule has 21 heavy (non-hydrogen) atoms. The molecule has 1 aliphatic carbocycles. The molecule has 1 aromatic rings. The molecule has 6 nitrogen and oxygen atoms in total. The molecule has 110 valence electrons. The topological polar surface area (TPSA) is 95.1 Å². The minimum absolute atomic E-state index is 0.100. The number of H-pyrrole nitrogens is 1. The lowest BCUT2D eigenvalue weighted by Gasteiger charge is -2.12. The number of aromatic amines is 1. The van der Waals surface area contributed by atoms with E-state index in [1.165, 1.54) is 5.57 Å². The number of carbonyl (C=O) groups is 1. The monoisotopic (exact) mass is 287 g/mol. The van der Waals surface area contributed by atoms with Gasteiger partial charge in [-0.25, -0.2) is 9.78 Å². The number of allylic oxidation sites excluding steroid dienone is 3. The third-order valence-corrected chi connectivity index (χ3v) is 3.33. The number of hydrogen-bond acceptors (Lipinski definition) is 4. The van der Waals surface area contributed by atoms with Gasteiger partial charge in [-0.05, 0) is 30.9 Å². The third-order valence-electron chi connectivity index (χ3n) is 3.33. The summed E-state index contributed by atoms with van der Waals surface area (Å²) in [6.45, 7) is 5.76. The van der Waals surface area contributed by atoms with Crippen LogP contribution in [0.15, 0.2) is 46.9 Å². The molecule has 0 aliphatic heterocycles. The fourth-order valence-corrected chi connectivity index (χ4v) is 2.37. The smallest absolute Gasteiger partial charge is 0.342 e. The Morgan fingerprint density at radius 1 is 1.52 bits per heavy atom. The molecular formula is C15H17N3O3. The minimum Gasteiger partial charge on any atom is -0.477 e. The van der Waals surface area contributed by atoms with Gasteiger partial charge >= 0.3 is 5.97 Å². The van der Waals surface area contributed by atoms with E-state index in [1.54, 1.807) is 0 Å². The van der Waals surface area contributed by atoms with Gasteiger partial charge < -0.3 is 10.4 Å². The number of rotatable bonds is 5. The summed E-state index contributed by atoms with van der Waals surface area (Å²) in [4.78, 5) is 28.7. The normalized spacial score (nSPS) is 18.2. The van der Waals surface area contributed by atoms with Gasteiger partial charge in [-0.15, -0.1) is 0 Å². The van der Waals surface area contributed by atoms with Crippen molar-refractivity contribution in [1.29, 1.82) is 0 Å². The first-order valence-corrected chi connectivity index (χ1v) is 6.61. The summed E-state index contributed by atoms with van der Waals surface area (Å²) in [5.74, 6) is -1.01. The molecule has 0 aromatic carbocycles. The molecule has 0 saturated heterocycles. The zero-order valence-electron chi connectivity index (χ0n) is 11.7. The van der Waals surface area contributed by atoms with Gasteiger partial charge in [0.2, 0.25) is 5.95 Å². The predicted octanol–water partition coefficient (Wildman–Crippen LogP) is 2.10. The number of aromatic nitrogens is 2.